The van der Waals surface area contributed by atoms with Crippen molar-refractivity contribution in [3.05, 3.63) is 30.1 Å². The van der Waals surface area contributed by atoms with E-state index in [9.17, 15) is 0 Å². The Morgan fingerprint density at radius 1 is 1.44 bits per heavy atom. The van der Waals surface area contributed by atoms with Crippen molar-refractivity contribution >= 4 is 0 Å². The highest BCUT2D eigenvalue weighted by atomic mass is 15.0. The average molecular weight is 216 g/mol. The quantitative estimate of drug-likeness (QED) is 0.818. The number of hydrogen-bond donors (Lipinski definition) is 1. The smallest absolute Gasteiger partial charge is 0.0570 e. The van der Waals surface area contributed by atoms with E-state index in [0.717, 1.165) is 11.6 Å². The van der Waals surface area contributed by atoms with E-state index >= 15 is 0 Å². The second-order valence-electron chi connectivity index (χ2n) is 5.49. The van der Waals surface area contributed by atoms with Crippen LogP contribution in [0.5, 0.6) is 0 Å². The Morgan fingerprint density at radius 3 is 2.81 bits per heavy atom. The van der Waals surface area contributed by atoms with E-state index in [1.807, 2.05) is 12.3 Å². The molecular formula is C14H20N2. The Kier molecular flexibility index (Phi) is 2.47. The van der Waals surface area contributed by atoms with E-state index in [0.29, 0.717) is 11.5 Å². The molecule has 1 unspecified atom stereocenters. The lowest BCUT2D eigenvalue weighted by atomic mass is 10.00. The van der Waals surface area contributed by atoms with Gasteiger partial charge in [0.1, 0.15) is 0 Å². The first-order valence-corrected chi connectivity index (χ1v) is 6.44. The molecule has 0 radical (unpaired) electrons. The third-order valence-electron chi connectivity index (χ3n) is 4.23. The zero-order chi connectivity index (χ0) is 11.0. The van der Waals surface area contributed by atoms with E-state index in [1.165, 1.54) is 32.2 Å². The van der Waals surface area contributed by atoms with Crippen molar-refractivity contribution in [1.29, 1.82) is 0 Å². The van der Waals surface area contributed by atoms with Crippen LogP contribution in [-0.2, 0) is 0 Å². The predicted octanol–water partition coefficient (Wildman–Crippen LogP) is 2.92. The van der Waals surface area contributed by atoms with Crippen LogP contribution in [0.2, 0.25) is 0 Å². The number of nitrogens with zero attached hydrogens (tertiary/aromatic N) is 1. The monoisotopic (exact) mass is 216 g/mol. The van der Waals surface area contributed by atoms with E-state index in [4.69, 9.17) is 0 Å². The van der Waals surface area contributed by atoms with Gasteiger partial charge in [-0.25, -0.2) is 0 Å². The molecule has 86 valence electrons. The van der Waals surface area contributed by atoms with Gasteiger partial charge >= 0.3 is 0 Å². The zero-order valence-corrected chi connectivity index (χ0v) is 9.95. The molecular weight excluding hydrogens is 196 g/mol. The van der Waals surface area contributed by atoms with E-state index in [1.54, 1.807) is 0 Å². The summed E-state index contributed by atoms with van der Waals surface area (Å²) in [6.07, 6.45) is 7.71. The minimum Gasteiger partial charge on any atom is -0.308 e. The fourth-order valence-electron chi connectivity index (χ4n) is 2.68. The molecule has 1 aromatic rings. The van der Waals surface area contributed by atoms with Crippen molar-refractivity contribution in [2.45, 2.75) is 38.6 Å². The van der Waals surface area contributed by atoms with Gasteiger partial charge in [-0.2, -0.15) is 0 Å². The number of hydrogen-bond acceptors (Lipinski definition) is 2. The minimum absolute atomic E-state index is 0.387. The summed E-state index contributed by atoms with van der Waals surface area (Å²) in [6, 6.07) is 6.53. The van der Waals surface area contributed by atoms with Crippen LogP contribution >= 0.6 is 0 Å². The molecule has 2 nitrogen and oxygen atoms in total. The van der Waals surface area contributed by atoms with Gasteiger partial charge in [-0.15, -0.1) is 0 Å². The molecule has 0 saturated heterocycles. The highest BCUT2D eigenvalue weighted by Gasteiger charge is 2.53. The number of aromatic nitrogens is 1. The molecule has 0 bridgehead atoms. The van der Waals surface area contributed by atoms with Crippen molar-refractivity contribution < 1.29 is 0 Å². The second-order valence-corrected chi connectivity index (χ2v) is 5.49. The maximum atomic E-state index is 4.40. The molecule has 0 aromatic carbocycles. The number of nitrogens with one attached hydrogen (secondary N) is 1. The Hall–Kier alpha value is -0.890. The number of rotatable bonds is 5. The van der Waals surface area contributed by atoms with Crippen LogP contribution < -0.4 is 5.32 Å². The molecule has 0 spiro atoms. The summed E-state index contributed by atoms with van der Waals surface area (Å²) < 4.78 is 0. The predicted molar refractivity (Wildman–Crippen MR) is 65.0 cm³/mol. The molecule has 2 aliphatic rings. The summed E-state index contributed by atoms with van der Waals surface area (Å²) >= 11 is 0. The summed E-state index contributed by atoms with van der Waals surface area (Å²) in [5.41, 5.74) is 1.84. The molecule has 2 fully saturated rings. The first-order valence-electron chi connectivity index (χ1n) is 6.44. The standard InChI is InChI=1S/C14H20N2/c1-11(13-4-2-3-9-15-13)16-10-14(7-8-14)12-5-6-12/h2-4,9,11-12,16H,5-8,10H2,1H3. The van der Waals surface area contributed by atoms with Crippen molar-refractivity contribution in [2.75, 3.05) is 6.54 Å². The molecule has 2 heteroatoms. The number of pyridine rings is 1. The van der Waals surface area contributed by atoms with Gasteiger partial charge in [0, 0.05) is 18.8 Å². The molecule has 2 saturated carbocycles. The van der Waals surface area contributed by atoms with Gasteiger partial charge in [0.25, 0.3) is 0 Å². The summed E-state index contributed by atoms with van der Waals surface area (Å²) in [5, 5.41) is 3.66. The first kappa shape index (κ1) is 10.3. The van der Waals surface area contributed by atoms with Crippen molar-refractivity contribution in [1.82, 2.24) is 10.3 Å². The van der Waals surface area contributed by atoms with Crippen LogP contribution in [0.4, 0.5) is 0 Å². The van der Waals surface area contributed by atoms with E-state index in [-0.39, 0.29) is 0 Å². The molecule has 2 aliphatic carbocycles. The van der Waals surface area contributed by atoms with Crippen LogP contribution in [0.25, 0.3) is 0 Å². The van der Waals surface area contributed by atoms with Crippen LogP contribution in [0.1, 0.15) is 44.3 Å². The molecule has 1 aromatic heterocycles. The maximum Gasteiger partial charge on any atom is 0.0570 e. The van der Waals surface area contributed by atoms with Crippen molar-refractivity contribution in [3.8, 4) is 0 Å². The summed E-state index contributed by atoms with van der Waals surface area (Å²) in [6.45, 7) is 3.40. The Morgan fingerprint density at radius 2 is 2.25 bits per heavy atom. The van der Waals surface area contributed by atoms with E-state index in [2.05, 4.69) is 29.4 Å². The fraction of sp³-hybridized carbons (Fsp3) is 0.643. The van der Waals surface area contributed by atoms with Crippen molar-refractivity contribution in [3.63, 3.8) is 0 Å². The highest BCUT2D eigenvalue weighted by Crippen LogP contribution is 2.60. The Bertz CT molecular complexity index is 352. The van der Waals surface area contributed by atoms with Crippen LogP contribution in [0, 0.1) is 11.3 Å². The third kappa shape index (κ3) is 1.99. The van der Waals surface area contributed by atoms with Gasteiger partial charge in [0.15, 0.2) is 0 Å². The Balaban J connectivity index is 1.55. The molecule has 1 atom stereocenters. The minimum atomic E-state index is 0.387. The van der Waals surface area contributed by atoms with Gasteiger partial charge < -0.3 is 5.32 Å². The second kappa shape index (κ2) is 3.85. The first-order chi connectivity index (χ1) is 7.80. The maximum absolute atomic E-state index is 4.40. The summed E-state index contributed by atoms with van der Waals surface area (Å²) in [7, 11) is 0. The van der Waals surface area contributed by atoms with Crippen LogP contribution in [0.3, 0.4) is 0 Å². The molecule has 1 heterocycles. The topological polar surface area (TPSA) is 24.9 Å². The van der Waals surface area contributed by atoms with E-state index < -0.39 is 0 Å². The van der Waals surface area contributed by atoms with Gasteiger partial charge in [0.05, 0.1) is 5.69 Å². The Labute approximate surface area is 97.5 Å². The highest BCUT2D eigenvalue weighted by molar-refractivity contribution is 5.10. The van der Waals surface area contributed by atoms with Crippen LogP contribution in [-0.4, -0.2) is 11.5 Å². The van der Waals surface area contributed by atoms with Crippen LogP contribution in [0.15, 0.2) is 24.4 Å². The average Bonchev–Trinajstić information content (AvgIpc) is 3.17. The molecule has 0 amide bonds. The lowest BCUT2D eigenvalue weighted by molar-refractivity contribution is 0.380. The lowest BCUT2D eigenvalue weighted by Gasteiger charge is -2.19. The molecule has 1 N–H and O–H groups in total. The largest absolute Gasteiger partial charge is 0.308 e. The zero-order valence-electron chi connectivity index (χ0n) is 9.95. The summed E-state index contributed by atoms with van der Waals surface area (Å²) in [4.78, 5) is 4.40. The van der Waals surface area contributed by atoms with Gasteiger partial charge in [-0.05, 0) is 56.1 Å². The van der Waals surface area contributed by atoms with Crippen molar-refractivity contribution in [2.24, 2.45) is 11.3 Å². The normalized spacial score (nSPS) is 24.1. The summed E-state index contributed by atoms with van der Waals surface area (Å²) in [5.74, 6) is 1.04. The molecule has 16 heavy (non-hydrogen) atoms. The molecule has 0 aliphatic heterocycles. The lowest BCUT2D eigenvalue weighted by Crippen LogP contribution is -2.28. The fourth-order valence-corrected chi connectivity index (χ4v) is 2.68. The molecule has 3 rings (SSSR count). The SMILES string of the molecule is CC(NCC1(C2CC2)CC1)c1ccccn1. The van der Waals surface area contributed by atoms with Gasteiger partial charge in [0.2, 0.25) is 0 Å². The van der Waals surface area contributed by atoms with Gasteiger partial charge in [-0.1, -0.05) is 6.07 Å². The van der Waals surface area contributed by atoms with Gasteiger partial charge in [-0.3, -0.25) is 4.98 Å². The third-order valence-corrected chi connectivity index (χ3v) is 4.23.